The topological polar surface area (TPSA) is 90.0 Å². The van der Waals surface area contributed by atoms with Crippen molar-refractivity contribution in [1.29, 1.82) is 0 Å². The van der Waals surface area contributed by atoms with Crippen LogP contribution in [0.15, 0.2) is 35.5 Å². The molecule has 6 nitrogen and oxygen atoms in total. The smallest absolute Gasteiger partial charge is 0.240 e. The van der Waals surface area contributed by atoms with Crippen molar-refractivity contribution < 1.29 is 8.42 Å². The van der Waals surface area contributed by atoms with Gasteiger partial charge >= 0.3 is 0 Å². The second-order valence-electron chi connectivity index (χ2n) is 4.57. The maximum atomic E-state index is 12.2. The highest BCUT2D eigenvalue weighted by atomic mass is 32.2. The van der Waals surface area contributed by atoms with E-state index in [1.165, 1.54) is 0 Å². The molecule has 0 unspecified atom stereocenters. The molecular weight excluding hydrogens is 276 g/mol. The summed E-state index contributed by atoms with van der Waals surface area (Å²) in [6, 6.07) is 4.93. The Kier molecular flexibility index (Phi) is 4.22. The summed E-state index contributed by atoms with van der Waals surface area (Å²) in [5.74, 6) is 0.656. The molecule has 0 radical (unpaired) electrons. The minimum absolute atomic E-state index is 0.156. The first-order chi connectivity index (χ1) is 9.44. The zero-order valence-electron chi connectivity index (χ0n) is 11.5. The lowest BCUT2D eigenvalue weighted by Gasteiger charge is -2.09. The highest BCUT2D eigenvalue weighted by Crippen LogP contribution is 2.15. The van der Waals surface area contributed by atoms with E-state index in [4.69, 9.17) is 5.73 Å². The molecule has 1 aromatic heterocycles. The van der Waals surface area contributed by atoms with Crippen molar-refractivity contribution >= 4 is 10.0 Å². The number of hydrogen-bond acceptors (Lipinski definition) is 4. The predicted molar refractivity (Wildman–Crippen MR) is 76.3 cm³/mol. The van der Waals surface area contributed by atoms with Crippen LogP contribution in [-0.4, -0.2) is 18.0 Å². The van der Waals surface area contributed by atoms with Gasteiger partial charge in [-0.25, -0.2) is 18.1 Å². The number of benzene rings is 1. The summed E-state index contributed by atoms with van der Waals surface area (Å²) in [7, 11) is -1.73. The monoisotopic (exact) mass is 294 g/mol. The average Bonchev–Trinajstić information content (AvgIpc) is 2.82. The fourth-order valence-corrected chi connectivity index (χ4v) is 2.94. The molecule has 1 aromatic carbocycles. The molecular formula is C13H18N4O2S. The molecule has 0 aliphatic rings. The molecule has 1 heterocycles. The molecule has 2 aromatic rings. The molecule has 0 fully saturated rings. The van der Waals surface area contributed by atoms with Crippen LogP contribution in [0.4, 0.5) is 0 Å². The Morgan fingerprint density at radius 1 is 1.40 bits per heavy atom. The Bertz CT molecular complexity index is 707. The standard InChI is InChI=1S/C13H18N4O2S/c1-10-7-12(4-3-11(10)8-14)20(18,19)16-9-13-15-5-6-17(13)2/h3-7,16H,8-9,14H2,1-2H3. The summed E-state index contributed by atoms with van der Waals surface area (Å²) < 4.78 is 28.7. The highest BCUT2D eigenvalue weighted by Gasteiger charge is 2.15. The molecule has 3 N–H and O–H groups in total. The quantitative estimate of drug-likeness (QED) is 0.848. The number of sulfonamides is 1. The van der Waals surface area contributed by atoms with E-state index < -0.39 is 10.0 Å². The first-order valence-corrected chi connectivity index (χ1v) is 7.68. The van der Waals surface area contributed by atoms with Crippen LogP contribution in [0.5, 0.6) is 0 Å². The van der Waals surface area contributed by atoms with E-state index in [2.05, 4.69) is 9.71 Å². The molecule has 0 atom stereocenters. The second kappa shape index (κ2) is 5.74. The van der Waals surface area contributed by atoms with Crippen molar-refractivity contribution in [3.05, 3.63) is 47.5 Å². The Morgan fingerprint density at radius 3 is 2.70 bits per heavy atom. The maximum absolute atomic E-state index is 12.2. The van der Waals surface area contributed by atoms with Gasteiger partial charge in [0.1, 0.15) is 5.82 Å². The molecule has 2 rings (SSSR count). The molecule has 20 heavy (non-hydrogen) atoms. The van der Waals surface area contributed by atoms with Crippen molar-refractivity contribution in [1.82, 2.24) is 14.3 Å². The van der Waals surface area contributed by atoms with Crippen LogP contribution in [0.25, 0.3) is 0 Å². The number of hydrogen-bond donors (Lipinski definition) is 2. The van der Waals surface area contributed by atoms with Crippen LogP contribution in [0, 0.1) is 6.92 Å². The fraction of sp³-hybridized carbons (Fsp3) is 0.308. The first-order valence-electron chi connectivity index (χ1n) is 6.19. The van der Waals surface area contributed by atoms with E-state index in [1.807, 2.05) is 14.0 Å². The summed E-state index contributed by atoms with van der Waals surface area (Å²) in [5, 5.41) is 0. The SMILES string of the molecule is Cc1cc(S(=O)(=O)NCc2nccn2C)ccc1CN. The third kappa shape index (κ3) is 3.06. The van der Waals surface area contributed by atoms with Gasteiger partial charge in [0, 0.05) is 26.0 Å². The highest BCUT2D eigenvalue weighted by molar-refractivity contribution is 7.89. The Balaban J connectivity index is 2.18. The third-order valence-electron chi connectivity index (χ3n) is 3.19. The number of aromatic nitrogens is 2. The van der Waals surface area contributed by atoms with Crippen molar-refractivity contribution in [3.63, 3.8) is 0 Å². The van der Waals surface area contributed by atoms with E-state index in [9.17, 15) is 8.42 Å². The van der Waals surface area contributed by atoms with E-state index in [0.29, 0.717) is 12.4 Å². The molecule has 0 aliphatic carbocycles. The van der Waals surface area contributed by atoms with E-state index in [-0.39, 0.29) is 11.4 Å². The molecule has 0 spiro atoms. The maximum Gasteiger partial charge on any atom is 0.240 e. The van der Waals surface area contributed by atoms with Crippen LogP contribution in [0.3, 0.4) is 0 Å². The van der Waals surface area contributed by atoms with Crippen LogP contribution in [-0.2, 0) is 30.2 Å². The first kappa shape index (κ1) is 14.7. The molecule has 0 aliphatic heterocycles. The van der Waals surface area contributed by atoms with E-state index >= 15 is 0 Å². The van der Waals surface area contributed by atoms with Gasteiger partial charge in [0.2, 0.25) is 10.0 Å². The van der Waals surface area contributed by atoms with Gasteiger partial charge in [0.25, 0.3) is 0 Å². The summed E-state index contributed by atoms with van der Waals surface area (Å²) in [6.07, 6.45) is 3.40. The van der Waals surface area contributed by atoms with Gasteiger partial charge < -0.3 is 10.3 Å². The lowest BCUT2D eigenvalue weighted by atomic mass is 10.1. The van der Waals surface area contributed by atoms with Gasteiger partial charge in [-0.15, -0.1) is 0 Å². The van der Waals surface area contributed by atoms with Gasteiger partial charge in [-0.05, 0) is 30.2 Å². The van der Waals surface area contributed by atoms with Gasteiger partial charge in [0.05, 0.1) is 11.4 Å². The lowest BCUT2D eigenvalue weighted by Crippen LogP contribution is -2.25. The average molecular weight is 294 g/mol. The zero-order valence-corrected chi connectivity index (χ0v) is 12.3. The third-order valence-corrected chi connectivity index (χ3v) is 4.58. The Hall–Kier alpha value is -1.70. The second-order valence-corrected chi connectivity index (χ2v) is 6.34. The lowest BCUT2D eigenvalue weighted by molar-refractivity contribution is 0.577. The molecule has 0 bridgehead atoms. The molecule has 0 saturated heterocycles. The van der Waals surface area contributed by atoms with Crippen LogP contribution < -0.4 is 10.5 Å². The predicted octanol–water partition coefficient (Wildman–Crippen LogP) is 0.666. The van der Waals surface area contributed by atoms with Crippen molar-refractivity contribution in [3.8, 4) is 0 Å². The fourth-order valence-electron chi connectivity index (χ4n) is 1.87. The number of nitrogens with two attached hydrogens (primary N) is 1. The summed E-state index contributed by atoms with van der Waals surface area (Å²) in [5.41, 5.74) is 7.38. The molecule has 108 valence electrons. The van der Waals surface area contributed by atoms with Crippen molar-refractivity contribution in [2.45, 2.75) is 24.9 Å². The number of nitrogens with zero attached hydrogens (tertiary/aromatic N) is 2. The van der Waals surface area contributed by atoms with Gasteiger partial charge in [-0.2, -0.15) is 0 Å². The van der Waals surface area contributed by atoms with Crippen LogP contribution in [0.1, 0.15) is 17.0 Å². The summed E-state index contributed by atoms with van der Waals surface area (Å²) in [6.45, 7) is 2.40. The number of nitrogens with one attached hydrogen (secondary N) is 1. The van der Waals surface area contributed by atoms with Gasteiger partial charge in [-0.3, -0.25) is 0 Å². The van der Waals surface area contributed by atoms with Crippen LogP contribution in [0.2, 0.25) is 0 Å². The van der Waals surface area contributed by atoms with Crippen molar-refractivity contribution in [2.75, 3.05) is 0 Å². The van der Waals surface area contributed by atoms with E-state index in [0.717, 1.165) is 11.1 Å². The largest absolute Gasteiger partial charge is 0.337 e. The Morgan fingerprint density at radius 2 is 2.15 bits per heavy atom. The summed E-state index contributed by atoms with van der Waals surface area (Å²) in [4.78, 5) is 4.31. The minimum Gasteiger partial charge on any atom is -0.337 e. The minimum atomic E-state index is -3.54. The molecule has 7 heteroatoms. The van der Waals surface area contributed by atoms with Gasteiger partial charge in [0.15, 0.2) is 0 Å². The number of imidazole rings is 1. The number of aryl methyl sites for hydroxylation is 2. The molecule has 0 saturated carbocycles. The normalized spacial score (nSPS) is 11.8. The summed E-state index contributed by atoms with van der Waals surface area (Å²) >= 11 is 0. The van der Waals surface area contributed by atoms with E-state index in [1.54, 1.807) is 35.2 Å². The van der Waals surface area contributed by atoms with Gasteiger partial charge in [-0.1, -0.05) is 6.07 Å². The van der Waals surface area contributed by atoms with Crippen LogP contribution >= 0.6 is 0 Å². The Labute approximate surface area is 118 Å². The van der Waals surface area contributed by atoms with Crippen molar-refractivity contribution in [2.24, 2.45) is 12.8 Å². The zero-order chi connectivity index (χ0) is 14.8. The molecule has 0 amide bonds. The number of rotatable bonds is 5.